The summed E-state index contributed by atoms with van der Waals surface area (Å²) in [4.78, 5) is 35.5. The number of Topliss-reactive ketones (excluding diaryl/α,β-unsaturated/α-hetero) is 1. The van der Waals surface area contributed by atoms with Crippen molar-refractivity contribution in [3.8, 4) is 5.88 Å². The summed E-state index contributed by atoms with van der Waals surface area (Å²) in [6.45, 7) is 1.55. The summed E-state index contributed by atoms with van der Waals surface area (Å²) in [5, 5.41) is 2.50. The number of aryl methyl sites for hydroxylation is 1. The van der Waals surface area contributed by atoms with Gasteiger partial charge in [-0.1, -0.05) is 6.92 Å². The van der Waals surface area contributed by atoms with Gasteiger partial charge in [0.25, 0.3) is 11.8 Å². The van der Waals surface area contributed by atoms with Crippen LogP contribution >= 0.6 is 0 Å². The van der Waals surface area contributed by atoms with Crippen LogP contribution in [0, 0.1) is 12.7 Å². The number of aromatic nitrogens is 3. The molecule has 2 heterocycles. The van der Waals surface area contributed by atoms with Crippen LogP contribution in [0.25, 0.3) is 0 Å². The lowest BCUT2D eigenvalue weighted by atomic mass is 10.2. The standard InChI is InChI=1S/C18H18F4N4O3/c1-3-12(27)6-15-25-10(2)4-14(26-15)16(28)23-7-11-5-13(19)17(24-8-11)29-9-18(20,21)22/h4-5,8H,3,6-7,9H2,1-2H3,(H,23,28). The predicted molar refractivity (Wildman–Crippen MR) is 92.7 cm³/mol. The SMILES string of the molecule is CCC(=O)Cc1nc(C)cc(C(=O)NCc2cnc(OCC(F)(F)F)c(F)c2)n1. The molecular weight excluding hydrogens is 396 g/mol. The number of ketones is 1. The molecule has 156 valence electrons. The number of carbonyl (C=O) groups excluding carboxylic acids is 2. The largest absolute Gasteiger partial charge is 0.466 e. The average Bonchev–Trinajstić information content (AvgIpc) is 2.64. The summed E-state index contributed by atoms with van der Waals surface area (Å²) < 4.78 is 54.4. The van der Waals surface area contributed by atoms with Crippen LogP contribution in [0.5, 0.6) is 5.88 Å². The van der Waals surface area contributed by atoms with Gasteiger partial charge in [0.05, 0.1) is 6.42 Å². The quantitative estimate of drug-likeness (QED) is 0.668. The van der Waals surface area contributed by atoms with Crippen LogP contribution in [0.2, 0.25) is 0 Å². The second-order valence-corrected chi connectivity index (χ2v) is 6.10. The number of rotatable bonds is 8. The first-order valence-corrected chi connectivity index (χ1v) is 8.56. The number of halogens is 4. The number of hydrogen-bond acceptors (Lipinski definition) is 6. The van der Waals surface area contributed by atoms with Crippen LogP contribution in [-0.4, -0.2) is 39.4 Å². The van der Waals surface area contributed by atoms with Gasteiger partial charge in [0.2, 0.25) is 0 Å². The zero-order valence-electron chi connectivity index (χ0n) is 15.6. The van der Waals surface area contributed by atoms with E-state index in [2.05, 4.69) is 25.0 Å². The van der Waals surface area contributed by atoms with E-state index < -0.39 is 30.4 Å². The molecular formula is C18H18F4N4O3. The number of amides is 1. The maximum Gasteiger partial charge on any atom is 0.422 e. The zero-order chi connectivity index (χ0) is 21.6. The van der Waals surface area contributed by atoms with E-state index in [1.807, 2.05) is 0 Å². The highest BCUT2D eigenvalue weighted by molar-refractivity contribution is 5.92. The van der Waals surface area contributed by atoms with Crippen molar-refractivity contribution >= 4 is 11.7 Å². The first-order chi connectivity index (χ1) is 13.6. The van der Waals surface area contributed by atoms with Gasteiger partial charge in [-0.05, 0) is 24.6 Å². The third-order valence-electron chi connectivity index (χ3n) is 3.57. The molecule has 0 atom stereocenters. The molecule has 0 saturated carbocycles. The summed E-state index contributed by atoms with van der Waals surface area (Å²) in [6.07, 6.45) is -3.20. The molecule has 2 aromatic rings. The van der Waals surface area contributed by atoms with Crippen molar-refractivity contribution in [2.24, 2.45) is 0 Å². The molecule has 0 spiro atoms. The Morgan fingerprint density at radius 3 is 2.55 bits per heavy atom. The molecule has 0 radical (unpaired) electrons. The number of ether oxygens (including phenoxy) is 1. The summed E-state index contributed by atoms with van der Waals surface area (Å²) in [6, 6.07) is 2.34. The van der Waals surface area contributed by atoms with Crippen molar-refractivity contribution in [3.05, 3.63) is 46.9 Å². The Kier molecular flexibility index (Phi) is 7.18. The van der Waals surface area contributed by atoms with Gasteiger partial charge in [-0.2, -0.15) is 13.2 Å². The Balaban J connectivity index is 2.02. The molecule has 0 bridgehead atoms. The molecule has 11 heteroatoms. The van der Waals surface area contributed by atoms with Crippen LogP contribution < -0.4 is 10.1 Å². The fourth-order valence-corrected chi connectivity index (χ4v) is 2.22. The first kappa shape index (κ1) is 22.2. The van der Waals surface area contributed by atoms with Gasteiger partial charge in [0, 0.05) is 24.9 Å². The van der Waals surface area contributed by atoms with E-state index in [1.54, 1.807) is 13.8 Å². The third kappa shape index (κ3) is 7.09. The smallest absolute Gasteiger partial charge is 0.422 e. The maximum absolute atomic E-state index is 13.8. The molecule has 0 unspecified atom stereocenters. The molecule has 0 aliphatic rings. The van der Waals surface area contributed by atoms with Gasteiger partial charge in [-0.3, -0.25) is 9.59 Å². The van der Waals surface area contributed by atoms with Crippen LogP contribution in [-0.2, 0) is 17.8 Å². The fraction of sp³-hybridized carbons (Fsp3) is 0.389. The highest BCUT2D eigenvalue weighted by Gasteiger charge is 2.29. The normalized spacial score (nSPS) is 11.2. The van der Waals surface area contributed by atoms with Gasteiger partial charge in [0.1, 0.15) is 17.3 Å². The molecule has 1 N–H and O–H groups in total. The van der Waals surface area contributed by atoms with Crippen molar-refractivity contribution in [2.45, 2.75) is 39.4 Å². The van der Waals surface area contributed by atoms with Gasteiger partial charge in [-0.15, -0.1) is 0 Å². The van der Waals surface area contributed by atoms with E-state index in [0.29, 0.717) is 12.1 Å². The molecule has 0 saturated heterocycles. The molecule has 2 aromatic heterocycles. The summed E-state index contributed by atoms with van der Waals surface area (Å²) in [7, 11) is 0. The number of carbonyl (C=O) groups is 2. The Morgan fingerprint density at radius 2 is 1.93 bits per heavy atom. The molecule has 0 fully saturated rings. The molecule has 0 aliphatic carbocycles. The molecule has 0 aromatic carbocycles. The predicted octanol–water partition coefficient (Wildman–Crippen LogP) is 2.71. The zero-order valence-corrected chi connectivity index (χ0v) is 15.6. The summed E-state index contributed by atoms with van der Waals surface area (Å²) >= 11 is 0. The lowest BCUT2D eigenvalue weighted by Crippen LogP contribution is -2.25. The number of nitrogens with zero attached hydrogens (tertiary/aromatic N) is 3. The number of hydrogen-bond donors (Lipinski definition) is 1. The molecule has 29 heavy (non-hydrogen) atoms. The van der Waals surface area contributed by atoms with E-state index in [1.165, 1.54) is 6.07 Å². The van der Waals surface area contributed by atoms with Crippen molar-refractivity contribution < 1.29 is 31.9 Å². The van der Waals surface area contributed by atoms with Gasteiger partial charge < -0.3 is 10.1 Å². The minimum absolute atomic E-state index is 0.00692. The van der Waals surface area contributed by atoms with Gasteiger partial charge >= 0.3 is 6.18 Å². The monoisotopic (exact) mass is 414 g/mol. The summed E-state index contributed by atoms with van der Waals surface area (Å²) in [5.41, 5.74) is 0.750. The van der Waals surface area contributed by atoms with Crippen molar-refractivity contribution in [3.63, 3.8) is 0 Å². The molecule has 7 nitrogen and oxygen atoms in total. The topological polar surface area (TPSA) is 94.1 Å². The van der Waals surface area contributed by atoms with E-state index >= 15 is 0 Å². The fourth-order valence-electron chi connectivity index (χ4n) is 2.22. The third-order valence-corrected chi connectivity index (χ3v) is 3.57. The average molecular weight is 414 g/mol. The minimum Gasteiger partial charge on any atom is -0.466 e. The number of nitrogens with one attached hydrogen (secondary N) is 1. The van der Waals surface area contributed by atoms with Crippen LogP contribution in [0.3, 0.4) is 0 Å². The number of pyridine rings is 1. The minimum atomic E-state index is -4.61. The Labute approximate surface area is 163 Å². The lowest BCUT2D eigenvalue weighted by Gasteiger charge is -2.10. The van der Waals surface area contributed by atoms with E-state index in [-0.39, 0.29) is 35.8 Å². The highest BCUT2D eigenvalue weighted by atomic mass is 19.4. The Hall–Kier alpha value is -3.11. The van der Waals surface area contributed by atoms with E-state index in [0.717, 1.165) is 12.3 Å². The molecule has 0 aliphatic heterocycles. The van der Waals surface area contributed by atoms with Gasteiger partial charge in [-0.25, -0.2) is 19.3 Å². The maximum atomic E-state index is 13.8. The number of alkyl halides is 3. The second kappa shape index (κ2) is 9.39. The molecule has 1 amide bonds. The van der Waals surface area contributed by atoms with Crippen molar-refractivity contribution in [2.75, 3.05) is 6.61 Å². The van der Waals surface area contributed by atoms with Crippen LogP contribution in [0.4, 0.5) is 17.6 Å². The van der Waals surface area contributed by atoms with E-state index in [9.17, 15) is 27.2 Å². The van der Waals surface area contributed by atoms with Gasteiger partial charge in [0.15, 0.2) is 12.4 Å². The lowest BCUT2D eigenvalue weighted by molar-refractivity contribution is -0.154. The van der Waals surface area contributed by atoms with Crippen molar-refractivity contribution in [1.29, 1.82) is 0 Å². The van der Waals surface area contributed by atoms with E-state index in [4.69, 9.17) is 0 Å². The summed E-state index contributed by atoms with van der Waals surface area (Å²) in [5.74, 6) is -2.30. The van der Waals surface area contributed by atoms with Crippen LogP contribution in [0.1, 0.15) is 40.9 Å². The first-order valence-electron chi connectivity index (χ1n) is 8.56. The Morgan fingerprint density at radius 1 is 1.21 bits per heavy atom. The van der Waals surface area contributed by atoms with Crippen molar-refractivity contribution in [1.82, 2.24) is 20.3 Å². The highest BCUT2D eigenvalue weighted by Crippen LogP contribution is 2.19. The second-order valence-electron chi connectivity index (χ2n) is 6.10. The molecule has 2 rings (SSSR count). The van der Waals surface area contributed by atoms with Crippen LogP contribution in [0.15, 0.2) is 18.3 Å². The Bertz CT molecular complexity index is 903.